The highest BCUT2D eigenvalue weighted by Gasteiger charge is 2.36. The Morgan fingerprint density at radius 2 is 1.76 bits per heavy atom. The molecule has 0 unspecified atom stereocenters. The summed E-state index contributed by atoms with van der Waals surface area (Å²) in [7, 11) is 0. The fourth-order valence-corrected chi connectivity index (χ4v) is 2.23. The smallest absolute Gasteiger partial charge is 0.262 e. The molecule has 3 rings (SSSR count). The first-order valence-corrected chi connectivity index (χ1v) is 6.22. The fourth-order valence-electron chi connectivity index (χ4n) is 2.23. The maximum Gasteiger partial charge on any atom is 0.262 e. The van der Waals surface area contributed by atoms with E-state index in [-0.39, 0.29) is 40.8 Å². The van der Waals surface area contributed by atoms with Gasteiger partial charge >= 0.3 is 0 Å². The number of imide groups is 1. The van der Waals surface area contributed by atoms with Gasteiger partial charge in [-0.05, 0) is 19.9 Å². The van der Waals surface area contributed by atoms with Gasteiger partial charge in [-0.15, -0.1) is 0 Å². The van der Waals surface area contributed by atoms with Crippen molar-refractivity contribution in [3.05, 3.63) is 29.1 Å². The molecule has 0 aromatic heterocycles. The van der Waals surface area contributed by atoms with Crippen molar-refractivity contribution in [2.45, 2.75) is 13.8 Å². The first-order chi connectivity index (χ1) is 9.90. The van der Waals surface area contributed by atoms with Crippen LogP contribution in [-0.2, 0) is 14.4 Å². The summed E-state index contributed by atoms with van der Waals surface area (Å²) in [6.07, 6.45) is 0. The molecule has 0 fully saturated rings. The lowest BCUT2D eigenvalue weighted by molar-refractivity contribution is -0.121. The van der Waals surface area contributed by atoms with Crippen molar-refractivity contribution in [2.75, 3.05) is 16.8 Å². The molecule has 0 saturated carbocycles. The minimum absolute atomic E-state index is 0.163. The third-order valence-corrected chi connectivity index (χ3v) is 3.53. The zero-order chi connectivity index (χ0) is 15.3. The molecule has 2 aliphatic heterocycles. The summed E-state index contributed by atoms with van der Waals surface area (Å²) in [5, 5.41) is 2.51. The van der Waals surface area contributed by atoms with Crippen LogP contribution in [0.15, 0.2) is 23.3 Å². The second kappa shape index (κ2) is 4.41. The van der Waals surface area contributed by atoms with Crippen LogP contribution in [0.5, 0.6) is 5.75 Å². The number of carbonyl (C=O) groups is 3. The van der Waals surface area contributed by atoms with E-state index in [9.17, 15) is 18.8 Å². The van der Waals surface area contributed by atoms with E-state index < -0.39 is 17.6 Å². The topological polar surface area (TPSA) is 75.7 Å². The Balaban J connectivity index is 2.08. The molecule has 0 atom stereocenters. The maximum absolute atomic E-state index is 14.2. The molecule has 0 bridgehead atoms. The first-order valence-electron chi connectivity index (χ1n) is 6.22. The molecule has 0 saturated heterocycles. The summed E-state index contributed by atoms with van der Waals surface area (Å²) in [6, 6.07) is 2.27. The van der Waals surface area contributed by atoms with E-state index in [1.807, 2.05) is 0 Å². The van der Waals surface area contributed by atoms with Gasteiger partial charge in [0.05, 0.1) is 11.4 Å². The second-order valence-corrected chi connectivity index (χ2v) is 4.83. The van der Waals surface area contributed by atoms with Crippen molar-refractivity contribution in [1.82, 2.24) is 0 Å². The van der Waals surface area contributed by atoms with Crippen LogP contribution < -0.4 is 15.0 Å². The van der Waals surface area contributed by atoms with E-state index in [2.05, 4.69) is 5.32 Å². The van der Waals surface area contributed by atoms with Crippen LogP contribution in [-0.4, -0.2) is 24.3 Å². The lowest BCUT2D eigenvalue weighted by Gasteiger charge is -2.22. The Bertz CT molecular complexity index is 715. The quantitative estimate of drug-likeness (QED) is 0.792. The predicted molar refractivity (Wildman–Crippen MR) is 71.4 cm³/mol. The van der Waals surface area contributed by atoms with Gasteiger partial charge < -0.3 is 10.1 Å². The summed E-state index contributed by atoms with van der Waals surface area (Å²) >= 11 is 0. The largest absolute Gasteiger partial charge is 0.481 e. The Hall–Kier alpha value is -2.70. The van der Waals surface area contributed by atoms with E-state index in [0.29, 0.717) is 0 Å². The highest BCUT2D eigenvalue weighted by Crippen LogP contribution is 2.37. The molecule has 1 N–H and O–H groups in total. The normalized spacial score (nSPS) is 17.9. The van der Waals surface area contributed by atoms with Gasteiger partial charge in [0, 0.05) is 17.2 Å². The summed E-state index contributed by atoms with van der Waals surface area (Å²) in [5.74, 6) is -2.13. The molecule has 1 aromatic rings. The van der Waals surface area contributed by atoms with Gasteiger partial charge in [-0.3, -0.25) is 14.4 Å². The second-order valence-electron chi connectivity index (χ2n) is 4.83. The van der Waals surface area contributed by atoms with E-state index in [0.717, 1.165) is 11.0 Å². The summed E-state index contributed by atoms with van der Waals surface area (Å²) in [4.78, 5) is 36.2. The molecule has 0 aliphatic carbocycles. The predicted octanol–water partition coefficient (Wildman–Crippen LogP) is 1.37. The summed E-state index contributed by atoms with van der Waals surface area (Å²) in [5.41, 5.74) is 0.575. The van der Waals surface area contributed by atoms with Gasteiger partial charge in [0.2, 0.25) is 0 Å². The number of hydrogen-bond donors (Lipinski definition) is 1. The van der Waals surface area contributed by atoms with Crippen molar-refractivity contribution >= 4 is 29.1 Å². The average Bonchev–Trinajstić information content (AvgIpc) is 2.63. The van der Waals surface area contributed by atoms with Gasteiger partial charge in [0.1, 0.15) is 5.75 Å². The Kier molecular flexibility index (Phi) is 2.79. The minimum Gasteiger partial charge on any atom is -0.481 e. The minimum atomic E-state index is -0.769. The van der Waals surface area contributed by atoms with Crippen LogP contribution in [0.3, 0.4) is 0 Å². The first kappa shape index (κ1) is 13.3. The van der Waals surface area contributed by atoms with Crippen molar-refractivity contribution in [3.8, 4) is 5.75 Å². The lowest BCUT2D eigenvalue weighted by atomic mass is 10.2. The molecule has 3 amide bonds. The van der Waals surface area contributed by atoms with Crippen LogP contribution in [0, 0.1) is 5.82 Å². The van der Waals surface area contributed by atoms with Crippen LogP contribution in [0.1, 0.15) is 13.8 Å². The number of hydrogen-bond acceptors (Lipinski definition) is 4. The van der Waals surface area contributed by atoms with Crippen LogP contribution in [0.25, 0.3) is 0 Å². The molecule has 6 nitrogen and oxygen atoms in total. The highest BCUT2D eigenvalue weighted by molar-refractivity contribution is 6.32. The van der Waals surface area contributed by atoms with E-state index in [1.54, 1.807) is 0 Å². The number of amides is 3. The lowest BCUT2D eigenvalue weighted by Crippen LogP contribution is -2.33. The summed E-state index contributed by atoms with van der Waals surface area (Å²) < 4.78 is 19.2. The molecular weight excluding hydrogens is 279 g/mol. The number of fused-ring (bicyclic) bond motifs is 1. The van der Waals surface area contributed by atoms with Gasteiger partial charge in [-0.2, -0.15) is 0 Å². The SMILES string of the molecule is CC1=C(C)C(=O)N(c2cc3c(cc2F)OCC(=O)N3)C1=O. The van der Waals surface area contributed by atoms with Crippen LogP contribution in [0.2, 0.25) is 0 Å². The third-order valence-electron chi connectivity index (χ3n) is 3.53. The fraction of sp³-hybridized carbons (Fsp3) is 0.214. The Labute approximate surface area is 119 Å². The molecule has 108 valence electrons. The van der Waals surface area contributed by atoms with E-state index in [1.165, 1.54) is 19.9 Å². The number of benzene rings is 1. The monoisotopic (exact) mass is 290 g/mol. The maximum atomic E-state index is 14.2. The molecule has 2 aliphatic rings. The molecule has 1 aromatic carbocycles. The van der Waals surface area contributed by atoms with Crippen LogP contribution in [0.4, 0.5) is 15.8 Å². The van der Waals surface area contributed by atoms with Crippen molar-refractivity contribution in [1.29, 1.82) is 0 Å². The molecular formula is C14H11FN2O4. The molecule has 7 heteroatoms. The number of nitrogens with zero attached hydrogens (tertiary/aromatic N) is 1. The number of nitrogens with one attached hydrogen (secondary N) is 1. The highest BCUT2D eigenvalue weighted by atomic mass is 19.1. The van der Waals surface area contributed by atoms with Crippen molar-refractivity contribution in [3.63, 3.8) is 0 Å². The molecule has 21 heavy (non-hydrogen) atoms. The van der Waals surface area contributed by atoms with Crippen molar-refractivity contribution < 1.29 is 23.5 Å². The third kappa shape index (κ3) is 1.89. The zero-order valence-electron chi connectivity index (χ0n) is 11.3. The number of anilines is 2. The van der Waals surface area contributed by atoms with Gasteiger partial charge in [-0.1, -0.05) is 0 Å². The standard InChI is InChI=1S/C14H11FN2O4/c1-6-7(2)14(20)17(13(6)19)10-4-9-11(3-8(10)15)21-5-12(18)16-9/h3-4H,5H2,1-2H3,(H,16,18). The van der Waals surface area contributed by atoms with Gasteiger partial charge in [0.25, 0.3) is 17.7 Å². The molecule has 0 spiro atoms. The zero-order valence-corrected chi connectivity index (χ0v) is 11.3. The van der Waals surface area contributed by atoms with Crippen molar-refractivity contribution in [2.24, 2.45) is 0 Å². The number of halogens is 1. The van der Waals surface area contributed by atoms with E-state index in [4.69, 9.17) is 4.74 Å². The number of rotatable bonds is 1. The van der Waals surface area contributed by atoms with Crippen LogP contribution >= 0.6 is 0 Å². The van der Waals surface area contributed by atoms with Gasteiger partial charge in [0.15, 0.2) is 12.4 Å². The average molecular weight is 290 g/mol. The molecule has 2 heterocycles. The number of carbonyl (C=O) groups excluding carboxylic acids is 3. The Morgan fingerprint density at radius 1 is 1.14 bits per heavy atom. The summed E-state index contributed by atoms with van der Waals surface area (Å²) in [6.45, 7) is 2.82. The number of ether oxygens (including phenoxy) is 1. The van der Waals surface area contributed by atoms with Gasteiger partial charge in [-0.25, -0.2) is 9.29 Å². The van der Waals surface area contributed by atoms with E-state index >= 15 is 0 Å². The Morgan fingerprint density at radius 3 is 2.38 bits per heavy atom. The molecule has 0 radical (unpaired) electrons.